The molecule has 2 aliphatic rings. The normalized spacial score (nSPS) is 25.1. The summed E-state index contributed by atoms with van der Waals surface area (Å²) in [5.41, 5.74) is 2.46. The minimum Gasteiger partial charge on any atom is -0.390 e. The van der Waals surface area contributed by atoms with Gasteiger partial charge in [0, 0.05) is 37.8 Å². The van der Waals surface area contributed by atoms with E-state index in [1.54, 1.807) is 11.4 Å². The lowest BCUT2D eigenvalue weighted by Crippen LogP contribution is -2.57. The van der Waals surface area contributed by atoms with E-state index < -0.39 is 11.3 Å². The Bertz CT molecular complexity index is 872. The number of fused-ring (bicyclic) bond motifs is 2. The van der Waals surface area contributed by atoms with Crippen molar-refractivity contribution in [3.63, 3.8) is 0 Å². The van der Waals surface area contributed by atoms with Gasteiger partial charge in [0.15, 0.2) is 0 Å². The average molecular weight is 451 g/mol. The molecule has 2 unspecified atom stereocenters. The quantitative estimate of drug-likeness (QED) is 0.347. The van der Waals surface area contributed by atoms with E-state index in [0.29, 0.717) is 23.3 Å². The second-order valence-electron chi connectivity index (χ2n) is 8.62. The average Bonchev–Trinajstić information content (AvgIpc) is 2.72. The van der Waals surface area contributed by atoms with E-state index in [2.05, 4.69) is 20.2 Å². The molecule has 0 saturated carbocycles. The second-order valence-corrected chi connectivity index (χ2v) is 9.51. The molecular weight excluding hydrogens is 416 g/mol. The molecule has 0 aromatic carbocycles. The van der Waals surface area contributed by atoms with Gasteiger partial charge in [0.1, 0.15) is 11.7 Å². The highest BCUT2D eigenvalue weighted by molar-refractivity contribution is 7.76. The van der Waals surface area contributed by atoms with E-state index in [-0.39, 0.29) is 24.7 Å². The summed E-state index contributed by atoms with van der Waals surface area (Å²) >= 11 is -1.94. The number of rotatable bonds is 6. The van der Waals surface area contributed by atoms with Crippen LogP contribution in [0.25, 0.3) is 0 Å². The van der Waals surface area contributed by atoms with Gasteiger partial charge in [0.2, 0.25) is 17.2 Å². The van der Waals surface area contributed by atoms with Gasteiger partial charge in [-0.2, -0.15) is 9.29 Å². The molecule has 172 valence electrons. The van der Waals surface area contributed by atoms with E-state index >= 15 is 0 Å². The Morgan fingerprint density at radius 1 is 1.32 bits per heavy atom. The summed E-state index contributed by atoms with van der Waals surface area (Å²) < 4.78 is 23.3. The third-order valence-corrected chi connectivity index (χ3v) is 7.18. The maximum Gasteiger partial charge on any atom is 0.235 e. The first-order valence-corrected chi connectivity index (χ1v) is 11.8. The Balaban J connectivity index is 1.88. The Morgan fingerprint density at radius 3 is 2.48 bits per heavy atom. The highest BCUT2D eigenvalue weighted by Gasteiger charge is 2.42. The molecule has 0 aliphatic carbocycles. The van der Waals surface area contributed by atoms with Gasteiger partial charge >= 0.3 is 0 Å². The second kappa shape index (κ2) is 10.2. The lowest BCUT2D eigenvalue weighted by Gasteiger charge is -2.48. The fraction of sp³-hybridized carbons (Fsp3) is 0.667. The van der Waals surface area contributed by atoms with Gasteiger partial charge in [-0.05, 0) is 52.5 Å². The smallest absolute Gasteiger partial charge is 0.235 e. The molecule has 3 rings (SSSR count). The minimum atomic E-state index is -1.94. The highest BCUT2D eigenvalue weighted by Crippen LogP contribution is 2.37. The molecular formula is C21H34N6O3S. The van der Waals surface area contributed by atoms with Gasteiger partial charge in [0.25, 0.3) is 0 Å². The van der Waals surface area contributed by atoms with Crippen molar-refractivity contribution in [2.75, 3.05) is 24.3 Å². The first-order chi connectivity index (χ1) is 14.7. The number of nitrogens with zero attached hydrogens (tertiary/aromatic N) is 5. The van der Waals surface area contributed by atoms with E-state index in [1.807, 2.05) is 33.9 Å². The van der Waals surface area contributed by atoms with E-state index in [0.717, 1.165) is 43.2 Å². The standard InChI is InChI=1S/C21H34N6O3S/c1-13(2)9-19(22-4)24-20-14(3)18(12-28)23-21(25-20)26(5)17-10-15-7-6-8-16(11-17)27(15)31(29)30/h9,15-17,28H,6-8,10-12H2,1-5H3,(H,29,30)(H,22,23,24,25)/t15-,16+,17?. The molecule has 3 N–H and O–H groups in total. The third-order valence-electron chi connectivity index (χ3n) is 6.22. The zero-order chi connectivity index (χ0) is 22.7. The van der Waals surface area contributed by atoms with Crippen molar-refractivity contribution in [1.82, 2.24) is 14.3 Å². The maximum atomic E-state index is 11.8. The van der Waals surface area contributed by atoms with Gasteiger partial charge in [-0.3, -0.25) is 9.55 Å². The number of hydrogen-bond donors (Lipinski definition) is 3. The SMILES string of the molecule is CN=C(C=C(C)C)Nc1nc(N(C)C2C[C@H]3CCC[C@@H](C2)N3S(=O)O)nc(CO)c1C. The molecule has 0 spiro atoms. The van der Waals surface area contributed by atoms with Crippen molar-refractivity contribution in [3.8, 4) is 0 Å². The number of aliphatic imine (C=N–C) groups is 1. The predicted molar refractivity (Wildman–Crippen MR) is 125 cm³/mol. The van der Waals surface area contributed by atoms with Crippen molar-refractivity contribution in [1.29, 1.82) is 0 Å². The summed E-state index contributed by atoms with van der Waals surface area (Å²) in [7, 11) is 3.68. The lowest BCUT2D eigenvalue weighted by atomic mass is 9.83. The Kier molecular flexibility index (Phi) is 7.79. The topological polar surface area (TPSA) is 114 Å². The van der Waals surface area contributed by atoms with E-state index in [1.165, 1.54) is 0 Å². The van der Waals surface area contributed by atoms with Crippen LogP contribution in [-0.4, -0.2) is 66.2 Å². The van der Waals surface area contributed by atoms with Crippen molar-refractivity contribution < 1.29 is 13.9 Å². The first kappa shape index (κ1) is 23.8. The Labute approximate surface area is 187 Å². The molecule has 2 fully saturated rings. The van der Waals surface area contributed by atoms with Crippen LogP contribution in [0.4, 0.5) is 11.8 Å². The fourth-order valence-electron chi connectivity index (χ4n) is 4.58. The van der Waals surface area contributed by atoms with Crippen molar-refractivity contribution in [2.24, 2.45) is 4.99 Å². The van der Waals surface area contributed by atoms with E-state index in [9.17, 15) is 13.9 Å². The Hall–Kier alpha value is -1.88. The van der Waals surface area contributed by atoms with Crippen LogP contribution in [0.1, 0.15) is 57.2 Å². The zero-order valence-electron chi connectivity index (χ0n) is 19.0. The van der Waals surface area contributed by atoms with Crippen LogP contribution in [0.2, 0.25) is 0 Å². The van der Waals surface area contributed by atoms with Crippen LogP contribution in [0.15, 0.2) is 16.6 Å². The predicted octanol–water partition coefficient (Wildman–Crippen LogP) is 2.64. The molecule has 1 aromatic heterocycles. The molecule has 4 atom stereocenters. The molecule has 3 heterocycles. The maximum absolute atomic E-state index is 11.8. The van der Waals surface area contributed by atoms with Crippen molar-refractivity contribution in [2.45, 2.75) is 77.6 Å². The zero-order valence-corrected chi connectivity index (χ0v) is 19.8. The fourth-order valence-corrected chi connectivity index (χ4v) is 5.47. The summed E-state index contributed by atoms with van der Waals surface area (Å²) in [5.74, 6) is 1.84. The van der Waals surface area contributed by atoms with Crippen LogP contribution in [0.3, 0.4) is 0 Å². The van der Waals surface area contributed by atoms with Crippen LogP contribution >= 0.6 is 0 Å². The monoisotopic (exact) mass is 450 g/mol. The highest BCUT2D eigenvalue weighted by atomic mass is 32.2. The molecule has 2 bridgehead atoms. The molecule has 2 aliphatic heterocycles. The number of aliphatic hydroxyl groups is 1. The van der Waals surface area contributed by atoms with Gasteiger partial charge in [-0.15, -0.1) is 0 Å². The van der Waals surface area contributed by atoms with Gasteiger partial charge in [-0.25, -0.2) is 9.19 Å². The summed E-state index contributed by atoms with van der Waals surface area (Å²) in [5, 5.41) is 13.1. The number of anilines is 2. The summed E-state index contributed by atoms with van der Waals surface area (Å²) in [4.78, 5) is 15.7. The molecule has 2 saturated heterocycles. The summed E-state index contributed by atoms with van der Waals surface area (Å²) in [6.07, 6.45) is 6.45. The first-order valence-electron chi connectivity index (χ1n) is 10.7. The third kappa shape index (κ3) is 5.31. The number of hydrogen-bond acceptors (Lipinski definition) is 6. The molecule has 9 nitrogen and oxygen atoms in total. The van der Waals surface area contributed by atoms with Crippen molar-refractivity contribution >= 4 is 28.9 Å². The van der Waals surface area contributed by atoms with Crippen LogP contribution in [-0.2, 0) is 17.9 Å². The largest absolute Gasteiger partial charge is 0.390 e. The van der Waals surface area contributed by atoms with E-state index in [4.69, 9.17) is 4.98 Å². The van der Waals surface area contributed by atoms with Crippen molar-refractivity contribution in [3.05, 3.63) is 22.9 Å². The summed E-state index contributed by atoms with van der Waals surface area (Å²) in [6, 6.07) is 0.333. The molecule has 1 aromatic rings. The Morgan fingerprint density at radius 2 is 1.97 bits per heavy atom. The molecule has 0 radical (unpaired) electrons. The van der Waals surface area contributed by atoms with Gasteiger partial charge < -0.3 is 15.3 Å². The number of allylic oxidation sites excluding steroid dienone is 1. The number of aromatic nitrogens is 2. The number of amidine groups is 1. The lowest BCUT2D eigenvalue weighted by molar-refractivity contribution is 0.107. The number of piperidine rings is 2. The molecule has 31 heavy (non-hydrogen) atoms. The minimum absolute atomic E-state index is 0.0858. The van der Waals surface area contributed by atoms with Crippen LogP contribution < -0.4 is 10.2 Å². The van der Waals surface area contributed by atoms with Gasteiger partial charge in [-0.1, -0.05) is 12.0 Å². The summed E-state index contributed by atoms with van der Waals surface area (Å²) in [6.45, 7) is 5.70. The van der Waals surface area contributed by atoms with Crippen LogP contribution in [0.5, 0.6) is 0 Å². The molecule has 0 amide bonds. The van der Waals surface area contributed by atoms with Crippen LogP contribution in [0, 0.1) is 6.92 Å². The number of nitrogens with one attached hydrogen (secondary N) is 1. The van der Waals surface area contributed by atoms with Gasteiger partial charge in [0.05, 0.1) is 12.3 Å². The molecule has 10 heteroatoms. The number of aliphatic hydroxyl groups excluding tert-OH is 1.